The van der Waals surface area contributed by atoms with Crippen LogP contribution in [-0.4, -0.2) is 24.8 Å². The Balaban J connectivity index is 0. The standard InChI is InChI=1S/C9H17N.C9H15N/c2*1-4-6-7-9(3)10-8-5-2/h4-5,9-10H,1-2,6-8H2,3H3;4-5H,1-2,6-8H2,3H3/b;10-9+. The second-order valence-electron chi connectivity index (χ2n) is 4.66. The van der Waals surface area contributed by atoms with Crippen molar-refractivity contribution in [2.75, 3.05) is 13.1 Å². The smallest absolute Gasteiger partial charge is 0.0566 e. The highest BCUT2D eigenvalue weighted by Gasteiger charge is 1.95. The highest BCUT2D eigenvalue weighted by atomic mass is 14.9. The van der Waals surface area contributed by atoms with Gasteiger partial charge in [-0.05, 0) is 39.5 Å². The summed E-state index contributed by atoms with van der Waals surface area (Å²) in [6, 6.07) is 0.580. The lowest BCUT2D eigenvalue weighted by Gasteiger charge is -2.09. The molecule has 0 spiro atoms. The minimum Gasteiger partial charge on any atom is -0.311 e. The van der Waals surface area contributed by atoms with Crippen molar-refractivity contribution in [3.63, 3.8) is 0 Å². The van der Waals surface area contributed by atoms with Crippen LogP contribution < -0.4 is 5.32 Å². The molecule has 0 aliphatic carbocycles. The average molecular weight is 276 g/mol. The van der Waals surface area contributed by atoms with Crippen LogP contribution in [0.5, 0.6) is 0 Å². The van der Waals surface area contributed by atoms with Gasteiger partial charge in [-0.15, -0.1) is 26.3 Å². The number of nitrogens with one attached hydrogen (secondary N) is 1. The molecule has 0 bridgehead atoms. The SMILES string of the molecule is C=CCC/C(C)=N/CC=C.C=CCCC(C)NCC=C. The van der Waals surface area contributed by atoms with Gasteiger partial charge in [-0.1, -0.05) is 24.3 Å². The molecule has 0 fully saturated rings. The van der Waals surface area contributed by atoms with Gasteiger partial charge in [-0.3, -0.25) is 4.99 Å². The Hall–Kier alpha value is -1.41. The third kappa shape index (κ3) is 18.9. The number of allylic oxidation sites excluding steroid dienone is 2. The molecule has 0 aliphatic heterocycles. The van der Waals surface area contributed by atoms with Crippen LogP contribution in [0.4, 0.5) is 0 Å². The van der Waals surface area contributed by atoms with Crippen molar-refractivity contribution in [1.29, 1.82) is 0 Å². The van der Waals surface area contributed by atoms with Gasteiger partial charge in [0.2, 0.25) is 0 Å². The van der Waals surface area contributed by atoms with Crippen molar-refractivity contribution in [2.24, 2.45) is 4.99 Å². The lowest BCUT2D eigenvalue weighted by Crippen LogP contribution is -2.25. The molecule has 0 saturated carbocycles. The fourth-order valence-corrected chi connectivity index (χ4v) is 1.36. The third-order valence-electron chi connectivity index (χ3n) is 2.62. The highest BCUT2D eigenvalue weighted by Crippen LogP contribution is 1.95. The van der Waals surface area contributed by atoms with E-state index in [4.69, 9.17) is 0 Å². The van der Waals surface area contributed by atoms with E-state index in [9.17, 15) is 0 Å². The van der Waals surface area contributed by atoms with E-state index in [0.29, 0.717) is 6.04 Å². The minimum absolute atomic E-state index is 0.580. The zero-order valence-electron chi connectivity index (χ0n) is 13.4. The molecule has 0 aromatic heterocycles. The number of hydrogen-bond donors (Lipinski definition) is 1. The van der Waals surface area contributed by atoms with Crippen LogP contribution >= 0.6 is 0 Å². The van der Waals surface area contributed by atoms with E-state index in [-0.39, 0.29) is 0 Å². The summed E-state index contributed by atoms with van der Waals surface area (Å²) in [4.78, 5) is 4.23. The zero-order valence-corrected chi connectivity index (χ0v) is 13.4. The fourth-order valence-electron chi connectivity index (χ4n) is 1.36. The van der Waals surface area contributed by atoms with Gasteiger partial charge in [-0.25, -0.2) is 0 Å². The number of aliphatic imine (C=N–C) groups is 1. The Labute approximate surface area is 126 Å². The summed E-state index contributed by atoms with van der Waals surface area (Å²) in [6.45, 7) is 20.4. The van der Waals surface area contributed by atoms with Gasteiger partial charge in [0.25, 0.3) is 0 Å². The Morgan fingerprint density at radius 1 is 1.05 bits per heavy atom. The quantitative estimate of drug-likeness (QED) is 0.429. The van der Waals surface area contributed by atoms with E-state index in [0.717, 1.165) is 38.8 Å². The second kappa shape index (κ2) is 17.6. The first-order valence-corrected chi connectivity index (χ1v) is 7.29. The molecule has 114 valence electrons. The van der Waals surface area contributed by atoms with E-state index >= 15 is 0 Å². The van der Waals surface area contributed by atoms with E-state index in [1.807, 2.05) is 25.2 Å². The van der Waals surface area contributed by atoms with Crippen molar-refractivity contribution < 1.29 is 0 Å². The van der Waals surface area contributed by atoms with Crippen molar-refractivity contribution in [3.8, 4) is 0 Å². The summed E-state index contributed by atoms with van der Waals surface area (Å²) in [6.07, 6.45) is 11.8. The van der Waals surface area contributed by atoms with E-state index in [1.54, 1.807) is 6.08 Å². The zero-order chi connectivity index (χ0) is 15.6. The summed E-state index contributed by atoms with van der Waals surface area (Å²) in [5.41, 5.74) is 1.18. The molecule has 0 aromatic carbocycles. The Kier molecular flexibility index (Phi) is 18.4. The lowest BCUT2D eigenvalue weighted by molar-refractivity contribution is 0.548. The molecule has 1 atom stereocenters. The van der Waals surface area contributed by atoms with Crippen molar-refractivity contribution >= 4 is 5.71 Å². The Bertz CT molecular complexity index is 278. The molecule has 1 unspecified atom stereocenters. The predicted molar refractivity (Wildman–Crippen MR) is 94.7 cm³/mol. The van der Waals surface area contributed by atoms with Crippen LogP contribution in [0.1, 0.15) is 39.5 Å². The molecule has 0 rings (SSSR count). The fraction of sp³-hybridized carbons (Fsp3) is 0.500. The first-order valence-electron chi connectivity index (χ1n) is 7.29. The van der Waals surface area contributed by atoms with Gasteiger partial charge in [-0.2, -0.15) is 0 Å². The van der Waals surface area contributed by atoms with Crippen molar-refractivity contribution in [3.05, 3.63) is 50.6 Å². The van der Waals surface area contributed by atoms with Crippen LogP contribution in [0.3, 0.4) is 0 Å². The van der Waals surface area contributed by atoms with E-state index < -0.39 is 0 Å². The van der Waals surface area contributed by atoms with Crippen molar-refractivity contribution in [1.82, 2.24) is 5.32 Å². The molecule has 2 nitrogen and oxygen atoms in total. The van der Waals surface area contributed by atoms with E-state index in [2.05, 4.69) is 43.5 Å². The molecule has 2 heteroatoms. The monoisotopic (exact) mass is 276 g/mol. The number of hydrogen-bond acceptors (Lipinski definition) is 2. The van der Waals surface area contributed by atoms with Crippen LogP contribution in [0, 0.1) is 0 Å². The van der Waals surface area contributed by atoms with Crippen molar-refractivity contribution in [2.45, 2.75) is 45.6 Å². The molecule has 0 amide bonds. The maximum Gasteiger partial charge on any atom is 0.0566 e. The Morgan fingerprint density at radius 3 is 2.20 bits per heavy atom. The average Bonchev–Trinajstić information content (AvgIpc) is 2.47. The molecule has 0 aromatic rings. The van der Waals surface area contributed by atoms with E-state index in [1.165, 1.54) is 5.71 Å². The summed E-state index contributed by atoms with van der Waals surface area (Å²) in [7, 11) is 0. The molecule has 0 aliphatic rings. The minimum atomic E-state index is 0.580. The van der Waals surface area contributed by atoms with Gasteiger partial charge in [0, 0.05) is 18.3 Å². The van der Waals surface area contributed by atoms with Gasteiger partial charge < -0.3 is 5.32 Å². The predicted octanol–water partition coefficient (Wildman–Crippen LogP) is 4.72. The Morgan fingerprint density at radius 2 is 1.70 bits per heavy atom. The topological polar surface area (TPSA) is 24.4 Å². The molecule has 20 heavy (non-hydrogen) atoms. The largest absolute Gasteiger partial charge is 0.311 e. The summed E-state index contributed by atoms with van der Waals surface area (Å²) < 4.78 is 0. The molecular weight excluding hydrogens is 244 g/mol. The second-order valence-corrected chi connectivity index (χ2v) is 4.66. The highest BCUT2D eigenvalue weighted by molar-refractivity contribution is 5.82. The number of rotatable bonds is 11. The molecule has 1 N–H and O–H groups in total. The molecule has 0 radical (unpaired) electrons. The van der Waals surface area contributed by atoms with Gasteiger partial charge in [0.1, 0.15) is 0 Å². The lowest BCUT2D eigenvalue weighted by atomic mass is 10.2. The van der Waals surface area contributed by atoms with Crippen LogP contribution in [0.25, 0.3) is 0 Å². The summed E-state index contributed by atoms with van der Waals surface area (Å²) >= 11 is 0. The van der Waals surface area contributed by atoms with Gasteiger partial charge >= 0.3 is 0 Å². The number of nitrogens with zero attached hydrogens (tertiary/aromatic N) is 1. The van der Waals surface area contributed by atoms with Gasteiger partial charge in [0.15, 0.2) is 0 Å². The summed E-state index contributed by atoms with van der Waals surface area (Å²) in [5, 5.41) is 3.30. The third-order valence-corrected chi connectivity index (χ3v) is 2.62. The first kappa shape index (κ1) is 20.9. The maximum absolute atomic E-state index is 4.23. The van der Waals surface area contributed by atoms with Crippen LogP contribution in [0.2, 0.25) is 0 Å². The normalized spacial score (nSPS) is 11.8. The van der Waals surface area contributed by atoms with Crippen LogP contribution in [-0.2, 0) is 0 Å². The molecule has 0 heterocycles. The maximum atomic E-state index is 4.23. The molecular formula is C18H32N2. The van der Waals surface area contributed by atoms with Crippen LogP contribution in [0.15, 0.2) is 55.6 Å². The first-order chi connectivity index (χ1) is 9.62. The summed E-state index contributed by atoms with van der Waals surface area (Å²) in [5.74, 6) is 0. The van der Waals surface area contributed by atoms with Gasteiger partial charge in [0.05, 0.1) is 6.54 Å². The molecule has 0 saturated heterocycles.